The van der Waals surface area contributed by atoms with Gasteiger partial charge in [-0.3, -0.25) is 4.98 Å². The maximum Gasteiger partial charge on any atom is 0.270 e. The number of fused-ring (bicyclic) bond motifs is 1. The zero-order valence-corrected chi connectivity index (χ0v) is 10.9. The number of pyridine rings is 1. The van der Waals surface area contributed by atoms with Crippen molar-refractivity contribution in [3.63, 3.8) is 0 Å². The second-order valence-electron chi connectivity index (χ2n) is 4.02. The van der Waals surface area contributed by atoms with Crippen LogP contribution in [0.5, 0.6) is 0 Å². The van der Waals surface area contributed by atoms with E-state index in [1.807, 2.05) is 0 Å². The average Bonchev–Trinajstić information content (AvgIpc) is 2.91. The zero-order valence-electron chi connectivity index (χ0n) is 10.1. The van der Waals surface area contributed by atoms with Gasteiger partial charge in [-0.25, -0.2) is 22.2 Å². The lowest BCUT2D eigenvalue weighted by Gasteiger charge is -2.06. The summed E-state index contributed by atoms with van der Waals surface area (Å²) < 4.78 is 26.1. The third-order valence-electron chi connectivity index (χ3n) is 2.82. The van der Waals surface area contributed by atoms with Crippen molar-refractivity contribution in [1.29, 1.82) is 0 Å². The summed E-state index contributed by atoms with van der Waals surface area (Å²) in [5.74, 6) is 0. The molecule has 0 radical (unpaired) electrons. The molecule has 0 bridgehead atoms. The van der Waals surface area contributed by atoms with Crippen molar-refractivity contribution in [3.05, 3.63) is 60.5 Å². The van der Waals surface area contributed by atoms with Crippen molar-refractivity contribution in [2.24, 2.45) is 0 Å². The number of aromatic nitrogens is 3. The minimum absolute atomic E-state index is 0.0764. The molecule has 0 spiro atoms. The van der Waals surface area contributed by atoms with Crippen molar-refractivity contribution in [2.75, 3.05) is 0 Å². The molecule has 6 nitrogen and oxygen atoms in total. The lowest BCUT2D eigenvalue weighted by atomic mass is 10.3. The molecule has 0 aliphatic carbocycles. The van der Waals surface area contributed by atoms with Crippen LogP contribution in [0.3, 0.4) is 0 Å². The van der Waals surface area contributed by atoms with E-state index in [1.54, 1.807) is 18.2 Å². The van der Waals surface area contributed by atoms with Gasteiger partial charge in [-0.2, -0.15) is 0 Å². The van der Waals surface area contributed by atoms with Crippen LogP contribution in [-0.2, 0) is 10.0 Å². The van der Waals surface area contributed by atoms with Gasteiger partial charge in [0, 0.05) is 12.4 Å². The molecule has 3 rings (SSSR count). The van der Waals surface area contributed by atoms with E-state index in [0.29, 0.717) is 16.7 Å². The highest BCUT2D eigenvalue weighted by Crippen LogP contribution is 2.23. The maximum atomic E-state index is 12.5. The number of hydrogen-bond acceptors (Lipinski definition) is 4. The first-order valence-corrected chi connectivity index (χ1v) is 7.07. The Morgan fingerprint density at radius 3 is 2.80 bits per heavy atom. The van der Waals surface area contributed by atoms with E-state index < -0.39 is 10.0 Å². The molecule has 0 saturated carbocycles. The second-order valence-corrected chi connectivity index (χ2v) is 5.83. The van der Waals surface area contributed by atoms with Crippen LogP contribution >= 0.6 is 0 Å². The molecular formula is C13H8N4O2S. The SMILES string of the molecule is [C-]#[N+]c1ccc2ncn(S(=O)(=O)c3cccnc3)c2c1. The summed E-state index contributed by atoms with van der Waals surface area (Å²) in [6, 6.07) is 7.74. The predicted molar refractivity (Wildman–Crippen MR) is 72.8 cm³/mol. The first-order valence-electron chi connectivity index (χ1n) is 5.63. The molecular weight excluding hydrogens is 276 g/mol. The van der Waals surface area contributed by atoms with Gasteiger partial charge in [-0.15, -0.1) is 0 Å². The molecule has 0 aliphatic heterocycles. The van der Waals surface area contributed by atoms with E-state index >= 15 is 0 Å². The highest BCUT2D eigenvalue weighted by Gasteiger charge is 2.19. The van der Waals surface area contributed by atoms with Crippen LogP contribution in [0.15, 0.2) is 53.9 Å². The quantitative estimate of drug-likeness (QED) is 0.677. The minimum atomic E-state index is -3.76. The summed E-state index contributed by atoms with van der Waals surface area (Å²) in [6.07, 6.45) is 4.02. The summed E-state index contributed by atoms with van der Waals surface area (Å²) in [5.41, 5.74) is 1.26. The normalized spacial score (nSPS) is 11.3. The van der Waals surface area contributed by atoms with E-state index in [9.17, 15) is 8.42 Å². The van der Waals surface area contributed by atoms with Gasteiger partial charge in [-0.05, 0) is 24.3 Å². The van der Waals surface area contributed by atoms with Gasteiger partial charge in [0.15, 0.2) is 5.69 Å². The van der Waals surface area contributed by atoms with Gasteiger partial charge >= 0.3 is 0 Å². The summed E-state index contributed by atoms with van der Waals surface area (Å²) in [7, 11) is -3.76. The van der Waals surface area contributed by atoms with E-state index in [0.717, 1.165) is 3.97 Å². The zero-order chi connectivity index (χ0) is 14.2. The predicted octanol–water partition coefficient (Wildman–Crippen LogP) is 2.22. The Balaban J connectivity index is 2.28. The summed E-state index contributed by atoms with van der Waals surface area (Å²) in [6.45, 7) is 7.00. The molecule has 0 saturated heterocycles. The van der Waals surface area contributed by atoms with Crippen LogP contribution in [0, 0.1) is 6.57 Å². The number of hydrogen-bond donors (Lipinski definition) is 0. The third-order valence-corrected chi connectivity index (χ3v) is 4.46. The van der Waals surface area contributed by atoms with Gasteiger partial charge in [0.2, 0.25) is 0 Å². The number of benzene rings is 1. The van der Waals surface area contributed by atoms with Crippen LogP contribution in [-0.4, -0.2) is 22.4 Å². The lowest BCUT2D eigenvalue weighted by molar-refractivity contribution is 0.588. The van der Waals surface area contributed by atoms with Crippen LogP contribution in [0.25, 0.3) is 15.9 Å². The molecule has 7 heteroatoms. The van der Waals surface area contributed by atoms with Crippen LogP contribution in [0.4, 0.5) is 5.69 Å². The molecule has 0 fully saturated rings. The van der Waals surface area contributed by atoms with Crippen molar-refractivity contribution in [2.45, 2.75) is 4.90 Å². The lowest BCUT2D eigenvalue weighted by Crippen LogP contribution is -2.11. The molecule has 98 valence electrons. The Morgan fingerprint density at radius 1 is 1.25 bits per heavy atom. The first-order chi connectivity index (χ1) is 9.63. The molecule has 3 aromatic rings. The average molecular weight is 284 g/mol. The summed E-state index contributed by atoms with van der Waals surface area (Å²) in [5, 5.41) is 0. The van der Waals surface area contributed by atoms with Gasteiger partial charge in [0.25, 0.3) is 10.0 Å². The molecule has 0 unspecified atom stereocenters. The standard InChI is InChI=1S/C13H8N4O2S/c1-14-10-4-5-12-13(7-10)17(9-16-12)20(18,19)11-3-2-6-15-8-11/h2-9H. The van der Waals surface area contributed by atoms with Gasteiger partial charge in [0.05, 0.1) is 17.6 Å². The fourth-order valence-corrected chi connectivity index (χ4v) is 3.10. The third kappa shape index (κ3) is 1.83. The minimum Gasteiger partial charge on any atom is -0.263 e. The second kappa shape index (κ2) is 4.43. The van der Waals surface area contributed by atoms with E-state index in [-0.39, 0.29) is 4.90 Å². The van der Waals surface area contributed by atoms with Crippen LogP contribution in [0.1, 0.15) is 0 Å². The number of rotatable bonds is 2. The molecule has 1 aromatic carbocycles. The maximum absolute atomic E-state index is 12.5. The first kappa shape index (κ1) is 12.3. The highest BCUT2D eigenvalue weighted by molar-refractivity contribution is 7.90. The van der Waals surface area contributed by atoms with Crippen molar-refractivity contribution in [3.8, 4) is 0 Å². The molecule has 20 heavy (non-hydrogen) atoms. The smallest absolute Gasteiger partial charge is 0.263 e. The van der Waals surface area contributed by atoms with E-state index in [4.69, 9.17) is 6.57 Å². The fourth-order valence-electron chi connectivity index (χ4n) is 1.85. The Kier molecular flexibility index (Phi) is 2.73. The van der Waals surface area contributed by atoms with E-state index in [1.165, 1.54) is 30.9 Å². The Hall–Kier alpha value is -2.72. The number of nitrogens with zero attached hydrogens (tertiary/aromatic N) is 4. The molecule has 0 N–H and O–H groups in total. The van der Waals surface area contributed by atoms with Crippen molar-refractivity contribution in [1.82, 2.24) is 13.9 Å². The van der Waals surface area contributed by atoms with Gasteiger partial charge in [0.1, 0.15) is 11.2 Å². The van der Waals surface area contributed by atoms with Crippen molar-refractivity contribution < 1.29 is 8.42 Å². The summed E-state index contributed by atoms with van der Waals surface area (Å²) >= 11 is 0. The topological polar surface area (TPSA) is 69.2 Å². The molecule has 0 atom stereocenters. The number of imidazole rings is 1. The highest BCUT2D eigenvalue weighted by atomic mass is 32.2. The molecule has 0 aliphatic rings. The Labute approximate surface area is 115 Å². The Morgan fingerprint density at radius 2 is 2.10 bits per heavy atom. The van der Waals surface area contributed by atoms with Crippen molar-refractivity contribution >= 4 is 26.7 Å². The molecule has 2 heterocycles. The van der Waals surface area contributed by atoms with E-state index in [2.05, 4.69) is 14.8 Å². The molecule has 0 amide bonds. The largest absolute Gasteiger partial charge is 0.270 e. The van der Waals surface area contributed by atoms with Gasteiger partial charge in [-0.1, -0.05) is 6.07 Å². The fraction of sp³-hybridized carbons (Fsp3) is 0. The summed E-state index contributed by atoms with van der Waals surface area (Å²) in [4.78, 5) is 11.2. The monoisotopic (exact) mass is 284 g/mol. The molecule has 2 aromatic heterocycles. The van der Waals surface area contributed by atoms with Crippen LogP contribution < -0.4 is 0 Å². The Bertz CT molecular complexity index is 924. The van der Waals surface area contributed by atoms with Gasteiger partial charge < -0.3 is 0 Å². The van der Waals surface area contributed by atoms with Crippen LogP contribution in [0.2, 0.25) is 0 Å².